The Kier molecular flexibility index (Phi) is 8.09. The monoisotopic (exact) mass is 475 g/mol. The van der Waals surface area contributed by atoms with Crippen molar-refractivity contribution in [3.05, 3.63) is 59.5 Å². The Hall–Kier alpha value is -2.65. The van der Waals surface area contributed by atoms with Gasteiger partial charge in [0.1, 0.15) is 0 Å². The van der Waals surface area contributed by atoms with Gasteiger partial charge in [0.2, 0.25) is 0 Å². The van der Waals surface area contributed by atoms with Gasteiger partial charge < -0.3 is 9.30 Å². The molecule has 1 N–H and O–H groups in total. The van der Waals surface area contributed by atoms with E-state index in [0.29, 0.717) is 24.4 Å². The number of hydrogen-bond acceptors (Lipinski definition) is 6. The second-order valence-electron chi connectivity index (χ2n) is 8.02. The molecule has 0 atom stereocenters. The first-order valence-corrected chi connectivity index (χ1v) is 13.0. The number of imidazole rings is 1. The maximum atomic E-state index is 13.0. The van der Waals surface area contributed by atoms with Gasteiger partial charge >= 0.3 is 6.09 Å². The molecule has 0 aliphatic heterocycles. The summed E-state index contributed by atoms with van der Waals surface area (Å²) in [7, 11) is -4.09. The van der Waals surface area contributed by atoms with Crippen LogP contribution in [0.3, 0.4) is 0 Å². The Labute approximate surface area is 193 Å². The minimum atomic E-state index is -4.09. The molecule has 0 aliphatic carbocycles. The fraction of sp³-hybridized carbons (Fsp3) is 0.391. The van der Waals surface area contributed by atoms with E-state index in [0.717, 1.165) is 28.2 Å². The van der Waals surface area contributed by atoms with Gasteiger partial charge in [0, 0.05) is 27.7 Å². The summed E-state index contributed by atoms with van der Waals surface area (Å²) < 4.78 is 35.1. The molecule has 3 rings (SSSR count). The largest absolute Gasteiger partial charge is 0.449 e. The average molecular weight is 476 g/mol. The van der Waals surface area contributed by atoms with E-state index in [1.54, 1.807) is 24.7 Å². The van der Waals surface area contributed by atoms with Crippen LogP contribution in [0, 0.1) is 5.92 Å². The van der Waals surface area contributed by atoms with Gasteiger partial charge in [0.15, 0.2) is 0 Å². The highest BCUT2D eigenvalue weighted by Crippen LogP contribution is 2.34. The SMILES string of the molecule is CCCCOC(=O)NS(=O)(=O)c1ccc(CC(C)C)cc1-c1ccc(Cn2ccnc2)s1. The Morgan fingerprint density at radius 3 is 2.75 bits per heavy atom. The Morgan fingerprint density at radius 1 is 1.25 bits per heavy atom. The molecular formula is C23H29N3O4S2. The molecule has 0 aliphatic rings. The van der Waals surface area contributed by atoms with E-state index in [1.807, 2.05) is 40.6 Å². The van der Waals surface area contributed by atoms with Crippen LogP contribution in [-0.2, 0) is 27.7 Å². The number of carbonyl (C=O) groups excluding carboxylic acids is 1. The zero-order valence-electron chi connectivity index (χ0n) is 18.6. The summed E-state index contributed by atoms with van der Waals surface area (Å²) in [4.78, 5) is 18.0. The van der Waals surface area contributed by atoms with E-state index >= 15 is 0 Å². The lowest BCUT2D eigenvalue weighted by Crippen LogP contribution is -2.31. The normalized spacial score (nSPS) is 11.6. The van der Waals surface area contributed by atoms with Crippen molar-refractivity contribution >= 4 is 27.5 Å². The second kappa shape index (κ2) is 10.8. The Bertz CT molecular complexity index is 1140. The molecule has 3 aromatic rings. The Balaban J connectivity index is 1.92. The maximum Gasteiger partial charge on any atom is 0.421 e. The molecule has 9 heteroatoms. The molecule has 1 aromatic carbocycles. The van der Waals surface area contributed by atoms with E-state index in [1.165, 1.54) is 11.3 Å². The minimum absolute atomic E-state index is 0.0634. The molecule has 1 amide bonds. The highest BCUT2D eigenvalue weighted by molar-refractivity contribution is 7.90. The molecule has 2 heterocycles. The second-order valence-corrected chi connectivity index (χ2v) is 10.8. The molecule has 0 saturated carbocycles. The van der Waals surface area contributed by atoms with E-state index in [2.05, 4.69) is 18.8 Å². The van der Waals surface area contributed by atoms with Crippen LogP contribution in [0.1, 0.15) is 44.1 Å². The molecule has 32 heavy (non-hydrogen) atoms. The van der Waals surface area contributed by atoms with Crippen LogP contribution in [0.2, 0.25) is 0 Å². The molecule has 0 unspecified atom stereocenters. The fourth-order valence-electron chi connectivity index (χ4n) is 3.27. The first kappa shape index (κ1) is 24.0. The third-order valence-corrected chi connectivity index (χ3v) is 7.22. The van der Waals surface area contributed by atoms with Crippen molar-refractivity contribution in [2.24, 2.45) is 5.92 Å². The van der Waals surface area contributed by atoms with Crippen LogP contribution in [-0.4, -0.2) is 30.7 Å². The number of nitrogens with zero attached hydrogens (tertiary/aromatic N) is 2. The summed E-state index contributed by atoms with van der Waals surface area (Å²) >= 11 is 1.52. The van der Waals surface area contributed by atoms with E-state index < -0.39 is 16.1 Å². The topological polar surface area (TPSA) is 90.3 Å². The predicted octanol–water partition coefficient (Wildman–Crippen LogP) is 5.07. The zero-order chi connectivity index (χ0) is 23.1. The standard InChI is InChI=1S/C23H29N3O4S2/c1-4-5-12-30-23(27)25-32(28,29)22-9-6-18(13-17(2)3)14-20(22)21-8-7-19(31-21)15-26-11-10-24-16-26/h6-11,14,16-17H,4-5,12-13,15H2,1-3H3,(H,25,27). The third kappa shape index (κ3) is 6.43. The molecular weight excluding hydrogens is 446 g/mol. The van der Waals surface area contributed by atoms with E-state index in [-0.39, 0.29) is 11.5 Å². The number of amides is 1. The summed E-state index contributed by atoms with van der Waals surface area (Å²) in [6.45, 7) is 7.03. The van der Waals surface area contributed by atoms with Crippen molar-refractivity contribution in [2.45, 2.75) is 51.5 Å². The van der Waals surface area contributed by atoms with Crippen LogP contribution in [0.5, 0.6) is 0 Å². The van der Waals surface area contributed by atoms with Crippen LogP contribution >= 0.6 is 11.3 Å². The molecule has 0 bridgehead atoms. The summed E-state index contributed by atoms with van der Waals surface area (Å²) in [6.07, 6.45) is 6.74. The van der Waals surface area contributed by atoms with E-state index in [9.17, 15) is 13.2 Å². The fourth-order valence-corrected chi connectivity index (χ4v) is 5.48. The van der Waals surface area contributed by atoms with Crippen molar-refractivity contribution in [2.75, 3.05) is 6.61 Å². The number of sulfonamides is 1. The van der Waals surface area contributed by atoms with Gasteiger partial charge in [0.05, 0.1) is 24.4 Å². The van der Waals surface area contributed by atoms with Crippen molar-refractivity contribution in [3.8, 4) is 10.4 Å². The summed E-state index contributed by atoms with van der Waals surface area (Å²) in [5.74, 6) is 0.428. The third-order valence-electron chi connectivity index (χ3n) is 4.75. The van der Waals surface area contributed by atoms with Gasteiger partial charge in [-0.2, -0.15) is 0 Å². The van der Waals surface area contributed by atoms with E-state index in [4.69, 9.17) is 4.74 Å². The number of hydrogen-bond donors (Lipinski definition) is 1. The zero-order valence-corrected chi connectivity index (χ0v) is 20.2. The van der Waals surface area contributed by atoms with Gasteiger partial charge in [-0.15, -0.1) is 11.3 Å². The number of nitrogens with one attached hydrogen (secondary N) is 1. The number of unbranched alkanes of at least 4 members (excludes halogenated alkanes) is 1. The molecule has 0 fully saturated rings. The van der Waals surface area contributed by atoms with Crippen molar-refractivity contribution in [1.82, 2.24) is 14.3 Å². The lowest BCUT2D eigenvalue weighted by molar-refractivity contribution is 0.151. The smallest absolute Gasteiger partial charge is 0.421 e. The molecule has 0 saturated heterocycles. The maximum absolute atomic E-state index is 13.0. The quantitative estimate of drug-likeness (QED) is 0.413. The van der Waals surface area contributed by atoms with Crippen LogP contribution in [0.4, 0.5) is 4.79 Å². The molecule has 2 aromatic heterocycles. The predicted molar refractivity (Wildman–Crippen MR) is 126 cm³/mol. The lowest BCUT2D eigenvalue weighted by Gasteiger charge is -2.13. The number of rotatable bonds is 10. The lowest BCUT2D eigenvalue weighted by atomic mass is 10.0. The molecule has 0 radical (unpaired) electrons. The van der Waals surface area contributed by atoms with Gasteiger partial charge in [-0.05, 0) is 48.6 Å². The van der Waals surface area contributed by atoms with Crippen molar-refractivity contribution in [1.29, 1.82) is 0 Å². The van der Waals surface area contributed by atoms with Gasteiger partial charge in [-0.3, -0.25) is 0 Å². The number of carbonyl (C=O) groups is 1. The van der Waals surface area contributed by atoms with Crippen molar-refractivity contribution < 1.29 is 17.9 Å². The van der Waals surface area contributed by atoms with Crippen molar-refractivity contribution in [3.63, 3.8) is 0 Å². The van der Waals surface area contributed by atoms with Crippen LogP contribution in [0.15, 0.2) is 53.9 Å². The average Bonchev–Trinajstić information content (AvgIpc) is 3.40. The number of aromatic nitrogens is 2. The molecule has 7 nitrogen and oxygen atoms in total. The van der Waals surface area contributed by atoms with Crippen LogP contribution in [0.25, 0.3) is 10.4 Å². The van der Waals surface area contributed by atoms with Gasteiger partial charge in [-0.25, -0.2) is 22.9 Å². The summed E-state index contributed by atoms with van der Waals surface area (Å²) in [5, 5.41) is 0. The number of ether oxygens (including phenoxy) is 1. The number of benzene rings is 1. The summed E-state index contributed by atoms with van der Waals surface area (Å²) in [5.41, 5.74) is 1.63. The first-order chi connectivity index (χ1) is 15.3. The highest BCUT2D eigenvalue weighted by Gasteiger charge is 2.24. The summed E-state index contributed by atoms with van der Waals surface area (Å²) in [6, 6.07) is 9.19. The highest BCUT2D eigenvalue weighted by atomic mass is 32.2. The minimum Gasteiger partial charge on any atom is -0.449 e. The van der Waals surface area contributed by atoms with Crippen LogP contribution < -0.4 is 4.72 Å². The first-order valence-electron chi connectivity index (χ1n) is 10.7. The van der Waals surface area contributed by atoms with Gasteiger partial charge in [0.25, 0.3) is 10.0 Å². The molecule has 172 valence electrons. The number of thiophene rings is 1. The Morgan fingerprint density at radius 2 is 2.06 bits per heavy atom. The van der Waals surface area contributed by atoms with Gasteiger partial charge in [-0.1, -0.05) is 33.3 Å². The molecule has 0 spiro atoms.